The molecule has 0 fully saturated rings. The van der Waals surface area contributed by atoms with Crippen molar-refractivity contribution < 1.29 is 19.7 Å². The van der Waals surface area contributed by atoms with Crippen LogP contribution >= 0.6 is 11.6 Å². The molecule has 3 rings (SSSR count). The molecule has 3 aromatic carbocycles. The summed E-state index contributed by atoms with van der Waals surface area (Å²) in [5.74, 6) is 0.514. The van der Waals surface area contributed by atoms with E-state index in [2.05, 4.69) is 17.2 Å². The Kier molecular flexibility index (Phi) is 10.1. The summed E-state index contributed by atoms with van der Waals surface area (Å²) in [7, 11) is 0. The fraction of sp³-hybridized carbons (Fsp3) is 0.385. The molecule has 0 heterocycles. The van der Waals surface area contributed by atoms with Crippen LogP contribution in [0.5, 0.6) is 11.5 Å². The fourth-order valence-corrected chi connectivity index (χ4v) is 4.23. The minimum absolute atomic E-state index is 0.0193. The maximum absolute atomic E-state index is 11.5. The predicted octanol–water partition coefficient (Wildman–Crippen LogP) is 8.95. The molecule has 37 heavy (non-hydrogen) atoms. The zero-order valence-electron chi connectivity index (χ0n) is 20.6. The summed E-state index contributed by atoms with van der Waals surface area (Å²) in [4.78, 5) is 21.0. The van der Waals surface area contributed by atoms with E-state index < -0.39 is 21.2 Å². The Morgan fingerprint density at radius 1 is 0.919 bits per heavy atom. The van der Waals surface area contributed by atoms with E-state index in [1.807, 2.05) is 0 Å². The zero-order valence-corrected chi connectivity index (χ0v) is 21.3. The van der Waals surface area contributed by atoms with Crippen LogP contribution in [0.15, 0.2) is 52.7 Å². The molecule has 0 saturated carbocycles. The average molecular weight is 529 g/mol. The summed E-state index contributed by atoms with van der Waals surface area (Å²) in [6.07, 6.45) is 9.33. The smallest absolute Gasteiger partial charge is 0.305 e. The van der Waals surface area contributed by atoms with Gasteiger partial charge >= 0.3 is 5.69 Å². The number of unbranched alkanes of at least 4 members (excludes halogenated alkanes) is 7. The lowest BCUT2D eigenvalue weighted by Crippen LogP contribution is -1.98. The molecule has 0 atom stereocenters. The van der Waals surface area contributed by atoms with Crippen molar-refractivity contribution in [2.45, 2.75) is 58.3 Å². The third-order valence-electron chi connectivity index (χ3n) is 5.91. The zero-order chi connectivity index (χ0) is 26.8. The molecule has 0 aliphatic rings. The molecule has 1 N–H and O–H groups in total. The van der Waals surface area contributed by atoms with Crippen LogP contribution < -0.4 is 4.74 Å². The van der Waals surface area contributed by atoms with E-state index in [-0.39, 0.29) is 16.5 Å². The molecule has 0 amide bonds. The second-order valence-corrected chi connectivity index (χ2v) is 9.02. The van der Waals surface area contributed by atoms with Crippen LogP contribution in [0.2, 0.25) is 5.02 Å². The van der Waals surface area contributed by atoms with Gasteiger partial charge in [-0.05, 0) is 24.6 Å². The second-order valence-electron chi connectivity index (χ2n) is 8.62. The molecule has 3 aromatic rings. The van der Waals surface area contributed by atoms with Crippen molar-refractivity contribution in [1.82, 2.24) is 0 Å². The molecule has 196 valence electrons. The van der Waals surface area contributed by atoms with Crippen LogP contribution in [0.25, 0.3) is 10.8 Å². The number of nitro groups is 2. The molecule has 0 aliphatic heterocycles. The largest absolute Gasteiger partial charge is 0.507 e. The number of non-ortho nitro benzene ring substituents is 1. The van der Waals surface area contributed by atoms with Crippen molar-refractivity contribution in [3.8, 4) is 11.5 Å². The van der Waals surface area contributed by atoms with E-state index in [1.54, 1.807) is 18.2 Å². The number of phenolic OH excluding ortho intramolecular Hbond substituents is 1. The van der Waals surface area contributed by atoms with Crippen molar-refractivity contribution in [3.63, 3.8) is 0 Å². The van der Waals surface area contributed by atoms with Gasteiger partial charge in [0.05, 0.1) is 38.6 Å². The van der Waals surface area contributed by atoms with Gasteiger partial charge in [0, 0.05) is 11.5 Å². The lowest BCUT2D eigenvalue weighted by atomic mass is 10.1. The number of aromatic hydroxyl groups is 1. The first kappa shape index (κ1) is 27.8. The number of ether oxygens (including phenoxy) is 1. The molecular weight excluding hydrogens is 500 g/mol. The number of benzene rings is 3. The first-order chi connectivity index (χ1) is 17.8. The number of nitrogens with zero attached hydrogens (tertiary/aromatic N) is 4. The van der Waals surface area contributed by atoms with Gasteiger partial charge in [-0.15, -0.1) is 10.2 Å². The van der Waals surface area contributed by atoms with Crippen LogP contribution in [-0.2, 0) is 0 Å². The Hall–Kier alpha value is -3.79. The highest BCUT2D eigenvalue weighted by molar-refractivity contribution is 6.33. The minimum atomic E-state index is -0.805. The lowest BCUT2D eigenvalue weighted by molar-refractivity contribution is -0.393. The standard InChI is InChI=1S/C26H29ClN4O6/c1-2-3-4-5-6-7-8-9-15-37-24-12-10-11-19-23(32)14-13-21(25(19)24)28-29-26-20(27)16-18(30(33)34)17-22(26)31(35)36/h10-14,16-17,32H,2-9,15H2,1H3/b29-28+. The van der Waals surface area contributed by atoms with Crippen LogP contribution in [0.4, 0.5) is 22.7 Å². The molecule has 0 saturated heterocycles. The monoisotopic (exact) mass is 528 g/mol. The van der Waals surface area contributed by atoms with Gasteiger partial charge < -0.3 is 9.84 Å². The number of azo groups is 1. The molecule has 0 radical (unpaired) electrons. The molecule has 0 bridgehead atoms. The molecule has 0 aromatic heterocycles. The highest BCUT2D eigenvalue weighted by Crippen LogP contribution is 2.42. The number of hydrogen-bond acceptors (Lipinski definition) is 8. The van der Waals surface area contributed by atoms with E-state index >= 15 is 0 Å². The topological polar surface area (TPSA) is 140 Å². The summed E-state index contributed by atoms with van der Waals surface area (Å²) in [6, 6.07) is 9.93. The van der Waals surface area contributed by atoms with Gasteiger partial charge in [0.25, 0.3) is 5.69 Å². The highest BCUT2D eigenvalue weighted by atomic mass is 35.5. The Bertz CT molecular complexity index is 1300. The number of nitro benzene ring substituents is 2. The van der Waals surface area contributed by atoms with Gasteiger partial charge in [0.15, 0.2) is 5.69 Å². The van der Waals surface area contributed by atoms with Gasteiger partial charge in [0.1, 0.15) is 11.5 Å². The van der Waals surface area contributed by atoms with Gasteiger partial charge in [-0.3, -0.25) is 20.2 Å². The Labute approximate surface area is 219 Å². The minimum Gasteiger partial charge on any atom is -0.507 e. The van der Waals surface area contributed by atoms with Gasteiger partial charge in [-0.2, -0.15) is 0 Å². The highest BCUT2D eigenvalue weighted by Gasteiger charge is 2.24. The normalized spacial score (nSPS) is 11.3. The van der Waals surface area contributed by atoms with Crippen LogP contribution in [-0.4, -0.2) is 21.6 Å². The number of phenols is 1. The average Bonchev–Trinajstić information content (AvgIpc) is 2.87. The SMILES string of the molecule is CCCCCCCCCCOc1cccc2c(O)ccc(/N=N/c3c(Cl)cc([N+](=O)[O-])cc3[N+](=O)[O-])c12. The van der Waals surface area contributed by atoms with Gasteiger partial charge in [-0.25, -0.2) is 0 Å². The second kappa shape index (κ2) is 13.5. The van der Waals surface area contributed by atoms with Crippen LogP contribution in [0.1, 0.15) is 58.3 Å². The molecule has 0 aliphatic carbocycles. The molecular formula is C26H29ClN4O6. The lowest BCUT2D eigenvalue weighted by Gasteiger charge is -2.12. The Morgan fingerprint density at radius 3 is 2.30 bits per heavy atom. The number of hydrogen-bond donors (Lipinski definition) is 1. The van der Waals surface area contributed by atoms with Gasteiger partial charge in [0.2, 0.25) is 0 Å². The molecule has 0 spiro atoms. The maximum Gasteiger partial charge on any atom is 0.305 e. The van der Waals surface area contributed by atoms with Crippen molar-refractivity contribution in [2.75, 3.05) is 6.61 Å². The number of rotatable bonds is 14. The van der Waals surface area contributed by atoms with Crippen molar-refractivity contribution in [1.29, 1.82) is 0 Å². The Morgan fingerprint density at radius 2 is 1.62 bits per heavy atom. The maximum atomic E-state index is 11.5. The van der Waals surface area contributed by atoms with Gasteiger partial charge in [-0.1, -0.05) is 75.6 Å². The predicted molar refractivity (Wildman–Crippen MR) is 143 cm³/mol. The van der Waals surface area contributed by atoms with Crippen molar-refractivity contribution >= 4 is 45.1 Å². The number of fused-ring (bicyclic) bond motifs is 1. The van der Waals surface area contributed by atoms with E-state index in [4.69, 9.17) is 16.3 Å². The van der Waals surface area contributed by atoms with Crippen LogP contribution in [0.3, 0.4) is 0 Å². The van der Waals surface area contributed by atoms with E-state index in [0.29, 0.717) is 28.8 Å². The summed E-state index contributed by atoms with van der Waals surface area (Å²) >= 11 is 6.08. The fourth-order valence-electron chi connectivity index (χ4n) is 3.98. The van der Waals surface area contributed by atoms with Crippen molar-refractivity contribution in [2.24, 2.45) is 10.2 Å². The molecule has 10 nitrogen and oxygen atoms in total. The summed E-state index contributed by atoms with van der Waals surface area (Å²) in [5, 5.41) is 41.8. The third-order valence-corrected chi connectivity index (χ3v) is 6.19. The van der Waals surface area contributed by atoms with Crippen LogP contribution in [0, 0.1) is 20.2 Å². The third kappa shape index (κ3) is 7.36. The molecule has 11 heteroatoms. The first-order valence-corrected chi connectivity index (χ1v) is 12.6. The van der Waals surface area contributed by atoms with E-state index in [9.17, 15) is 25.3 Å². The summed E-state index contributed by atoms with van der Waals surface area (Å²) in [5.41, 5.74) is -1.18. The van der Waals surface area contributed by atoms with E-state index in [0.717, 1.165) is 31.4 Å². The summed E-state index contributed by atoms with van der Waals surface area (Å²) < 4.78 is 6.02. The Balaban J connectivity index is 1.82. The first-order valence-electron chi connectivity index (χ1n) is 12.2. The number of halogens is 1. The quantitative estimate of drug-likeness (QED) is 0.0957. The molecule has 0 unspecified atom stereocenters. The van der Waals surface area contributed by atoms with E-state index in [1.165, 1.54) is 44.2 Å². The van der Waals surface area contributed by atoms with Crippen molar-refractivity contribution in [3.05, 3.63) is 67.7 Å². The summed E-state index contributed by atoms with van der Waals surface area (Å²) in [6.45, 7) is 2.69.